The summed E-state index contributed by atoms with van der Waals surface area (Å²) >= 11 is 0. The second-order valence-corrected chi connectivity index (χ2v) is 4.87. The van der Waals surface area contributed by atoms with Crippen molar-refractivity contribution in [2.24, 2.45) is 0 Å². The first-order valence-electron chi connectivity index (χ1n) is 7.00. The quantitative estimate of drug-likeness (QED) is 0.913. The Hall–Kier alpha value is -1.75. The van der Waals surface area contributed by atoms with Gasteiger partial charge in [0.05, 0.1) is 17.4 Å². The van der Waals surface area contributed by atoms with Crippen LogP contribution in [-0.2, 0) is 6.42 Å². The molecule has 0 aliphatic heterocycles. The third kappa shape index (κ3) is 2.58. The molecule has 0 saturated carbocycles. The summed E-state index contributed by atoms with van der Waals surface area (Å²) in [6.07, 6.45) is 1.74. The van der Waals surface area contributed by atoms with Gasteiger partial charge in [-0.15, -0.1) is 5.10 Å². The molecule has 108 valence electrons. The van der Waals surface area contributed by atoms with Crippen LogP contribution in [0.4, 0.5) is 4.39 Å². The maximum absolute atomic E-state index is 13.7. The fraction of sp³-hybridized carbons (Fsp3) is 0.467. The molecule has 0 aliphatic carbocycles. The van der Waals surface area contributed by atoms with E-state index in [1.807, 2.05) is 13.1 Å². The van der Waals surface area contributed by atoms with Gasteiger partial charge < -0.3 is 5.32 Å². The first-order chi connectivity index (χ1) is 9.62. The lowest BCUT2D eigenvalue weighted by Gasteiger charge is -2.13. The number of hydrogen-bond acceptors (Lipinski definition) is 3. The second kappa shape index (κ2) is 6.13. The molecule has 2 aromatic rings. The van der Waals surface area contributed by atoms with E-state index in [9.17, 15) is 4.39 Å². The van der Waals surface area contributed by atoms with E-state index in [-0.39, 0.29) is 11.9 Å². The van der Waals surface area contributed by atoms with Crippen molar-refractivity contribution in [2.75, 3.05) is 7.05 Å². The van der Waals surface area contributed by atoms with Crippen LogP contribution >= 0.6 is 0 Å². The van der Waals surface area contributed by atoms with Gasteiger partial charge in [-0.2, -0.15) is 0 Å². The molecule has 0 saturated heterocycles. The predicted octanol–water partition coefficient (Wildman–Crippen LogP) is 2.95. The first kappa shape index (κ1) is 14.7. The van der Waals surface area contributed by atoms with Crippen molar-refractivity contribution in [2.45, 2.75) is 39.7 Å². The molecular formula is C15H21FN4. The van der Waals surface area contributed by atoms with Crippen molar-refractivity contribution in [1.29, 1.82) is 0 Å². The minimum absolute atomic E-state index is 0.175. The summed E-state index contributed by atoms with van der Waals surface area (Å²) in [6, 6.07) is 5.32. The monoisotopic (exact) mass is 276 g/mol. The summed E-state index contributed by atoms with van der Waals surface area (Å²) in [4.78, 5) is 0. The fourth-order valence-corrected chi connectivity index (χ4v) is 2.37. The van der Waals surface area contributed by atoms with Crippen LogP contribution in [-0.4, -0.2) is 22.0 Å². The minimum Gasteiger partial charge on any atom is -0.312 e. The van der Waals surface area contributed by atoms with Gasteiger partial charge in [0.2, 0.25) is 0 Å². The van der Waals surface area contributed by atoms with Crippen LogP contribution in [0, 0.1) is 12.7 Å². The zero-order chi connectivity index (χ0) is 14.7. The normalized spacial score (nSPS) is 12.7. The molecule has 0 spiro atoms. The lowest BCUT2D eigenvalue weighted by Crippen LogP contribution is -2.17. The first-order valence-corrected chi connectivity index (χ1v) is 7.00. The number of halogens is 1. The van der Waals surface area contributed by atoms with Gasteiger partial charge in [-0.25, -0.2) is 9.07 Å². The highest BCUT2D eigenvalue weighted by atomic mass is 19.1. The van der Waals surface area contributed by atoms with E-state index < -0.39 is 0 Å². The molecule has 1 atom stereocenters. The molecule has 0 amide bonds. The number of nitrogens with one attached hydrogen (secondary N) is 1. The Bertz CT molecular complexity index is 588. The van der Waals surface area contributed by atoms with Gasteiger partial charge >= 0.3 is 0 Å². The molecule has 2 rings (SSSR count). The Balaban J connectivity index is 2.49. The molecule has 5 heteroatoms. The number of rotatable bonds is 5. The molecule has 4 nitrogen and oxygen atoms in total. The number of aromatic nitrogens is 3. The molecule has 1 aromatic heterocycles. The van der Waals surface area contributed by atoms with Gasteiger partial charge in [0.25, 0.3) is 0 Å². The van der Waals surface area contributed by atoms with Crippen LogP contribution in [0.1, 0.15) is 43.3 Å². The molecule has 0 radical (unpaired) electrons. The molecule has 1 N–H and O–H groups in total. The highest BCUT2D eigenvalue weighted by Gasteiger charge is 2.19. The van der Waals surface area contributed by atoms with Crippen LogP contribution in [0.25, 0.3) is 5.69 Å². The molecule has 1 heterocycles. The van der Waals surface area contributed by atoms with Crippen LogP contribution < -0.4 is 5.32 Å². The van der Waals surface area contributed by atoms with Gasteiger partial charge in [0.15, 0.2) is 0 Å². The van der Waals surface area contributed by atoms with E-state index in [0.29, 0.717) is 5.56 Å². The molecule has 20 heavy (non-hydrogen) atoms. The van der Waals surface area contributed by atoms with E-state index in [1.54, 1.807) is 17.7 Å². The Labute approximate surface area is 119 Å². The molecule has 0 bridgehead atoms. The van der Waals surface area contributed by atoms with Crippen LogP contribution in [0.5, 0.6) is 0 Å². The van der Waals surface area contributed by atoms with Crippen LogP contribution in [0.2, 0.25) is 0 Å². The highest BCUT2D eigenvalue weighted by Crippen LogP contribution is 2.22. The Morgan fingerprint density at radius 2 is 2.10 bits per heavy atom. The van der Waals surface area contributed by atoms with Crippen molar-refractivity contribution in [3.8, 4) is 5.69 Å². The summed E-state index contributed by atoms with van der Waals surface area (Å²) in [7, 11) is 1.91. The van der Waals surface area contributed by atoms with Crippen LogP contribution in [0.15, 0.2) is 18.2 Å². The lowest BCUT2D eigenvalue weighted by molar-refractivity contribution is 0.555. The summed E-state index contributed by atoms with van der Waals surface area (Å²) < 4.78 is 15.5. The van der Waals surface area contributed by atoms with Crippen LogP contribution in [0.3, 0.4) is 0 Å². The molecule has 1 unspecified atom stereocenters. The van der Waals surface area contributed by atoms with Gasteiger partial charge in [-0.05, 0) is 44.5 Å². The SMILES string of the molecule is CCc1c(C(CC)NC)nnn1-c1ccc(C)c(F)c1. The molecule has 0 fully saturated rings. The van der Waals surface area contributed by atoms with E-state index >= 15 is 0 Å². The molecular weight excluding hydrogens is 255 g/mol. The highest BCUT2D eigenvalue weighted by molar-refractivity contribution is 5.37. The Morgan fingerprint density at radius 3 is 2.65 bits per heavy atom. The average Bonchev–Trinajstić information content (AvgIpc) is 2.87. The van der Waals surface area contributed by atoms with Crippen molar-refractivity contribution in [3.05, 3.63) is 41.0 Å². The number of hydrogen-bond donors (Lipinski definition) is 1. The van der Waals surface area contributed by atoms with Gasteiger partial charge in [-0.3, -0.25) is 0 Å². The third-order valence-corrected chi connectivity index (χ3v) is 3.61. The topological polar surface area (TPSA) is 42.7 Å². The zero-order valence-corrected chi connectivity index (χ0v) is 12.4. The second-order valence-electron chi connectivity index (χ2n) is 4.87. The van der Waals surface area contributed by atoms with E-state index in [0.717, 1.165) is 29.9 Å². The van der Waals surface area contributed by atoms with Crippen molar-refractivity contribution in [1.82, 2.24) is 20.3 Å². The summed E-state index contributed by atoms with van der Waals surface area (Å²) in [5, 5.41) is 11.7. The minimum atomic E-state index is -0.220. The van der Waals surface area contributed by atoms with Gasteiger partial charge in [-0.1, -0.05) is 25.1 Å². The number of aryl methyl sites for hydroxylation is 1. The standard InChI is InChI=1S/C15H21FN4/c1-5-13(17-4)15-14(6-2)20(19-18-15)11-8-7-10(3)12(16)9-11/h7-9,13,17H,5-6H2,1-4H3. The molecule has 1 aromatic carbocycles. The van der Waals surface area contributed by atoms with E-state index in [1.165, 1.54) is 6.07 Å². The number of benzene rings is 1. The maximum atomic E-state index is 13.7. The van der Waals surface area contributed by atoms with E-state index in [2.05, 4.69) is 29.5 Å². The Morgan fingerprint density at radius 1 is 1.35 bits per heavy atom. The summed E-state index contributed by atoms with van der Waals surface area (Å²) in [6.45, 7) is 5.91. The average molecular weight is 276 g/mol. The predicted molar refractivity (Wildman–Crippen MR) is 77.5 cm³/mol. The largest absolute Gasteiger partial charge is 0.312 e. The molecule has 0 aliphatic rings. The smallest absolute Gasteiger partial charge is 0.128 e. The third-order valence-electron chi connectivity index (χ3n) is 3.61. The zero-order valence-electron chi connectivity index (χ0n) is 12.4. The van der Waals surface area contributed by atoms with Gasteiger partial charge in [0.1, 0.15) is 11.5 Å². The summed E-state index contributed by atoms with van der Waals surface area (Å²) in [5.74, 6) is -0.220. The lowest BCUT2D eigenvalue weighted by atomic mass is 10.1. The van der Waals surface area contributed by atoms with Crippen molar-refractivity contribution >= 4 is 0 Å². The fourth-order valence-electron chi connectivity index (χ4n) is 2.37. The van der Waals surface area contributed by atoms with Gasteiger partial charge in [0, 0.05) is 0 Å². The number of nitrogens with zero attached hydrogens (tertiary/aromatic N) is 3. The van der Waals surface area contributed by atoms with Crippen molar-refractivity contribution in [3.63, 3.8) is 0 Å². The van der Waals surface area contributed by atoms with E-state index in [4.69, 9.17) is 0 Å². The summed E-state index contributed by atoms with van der Waals surface area (Å²) in [5.41, 5.74) is 3.32. The van der Waals surface area contributed by atoms with Crippen molar-refractivity contribution < 1.29 is 4.39 Å². The maximum Gasteiger partial charge on any atom is 0.128 e. The Kier molecular flexibility index (Phi) is 4.49.